The highest BCUT2D eigenvalue weighted by atomic mass is 32.2. The van der Waals surface area contributed by atoms with Crippen LogP contribution in [0.5, 0.6) is 0 Å². The van der Waals surface area contributed by atoms with Crippen molar-refractivity contribution in [2.45, 2.75) is 13.0 Å². The number of benzene rings is 3. The molecule has 0 spiro atoms. The number of pyridine rings is 2. The summed E-state index contributed by atoms with van der Waals surface area (Å²) in [6.45, 7) is 1.91. The van der Waals surface area contributed by atoms with Gasteiger partial charge in [-0.1, -0.05) is 36.4 Å². The van der Waals surface area contributed by atoms with E-state index in [1.54, 1.807) is 60.8 Å². The summed E-state index contributed by atoms with van der Waals surface area (Å²) in [5.41, 5.74) is 4.38. The van der Waals surface area contributed by atoms with Gasteiger partial charge in [0.2, 0.25) is 0 Å². The van der Waals surface area contributed by atoms with E-state index in [9.17, 15) is 13.9 Å². The van der Waals surface area contributed by atoms with Crippen molar-refractivity contribution in [3.63, 3.8) is 0 Å². The first-order chi connectivity index (χ1) is 17.0. The van der Waals surface area contributed by atoms with Crippen LogP contribution >= 0.6 is 0 Å². The molecule has 2 aromatic heterocycles. The molecule has 0 bridgehead atoms. The Morgan fingerprint density at radius 2 is 1.83 bits per heavy atom. The minimum atomic E-state index is -2.62. The van der Waals surface area contributed by atoms with Crippen molar-refractivity contribution in [1.82, 2.24) is 9.97 Å². The van der Waals surface area contributed by atoms with Crippen LogP contribution in [-0.4, -0.2) is 23.8 Å². The monoisotopic (exact) mass is 479 g/mol. The molecule has 0 fully saturated rings. The minimum Gasteiger partial charge on any atom is -0.755 e. The Balaban J connectivity index is 1.62. The van der Waals surface area contributed by atoms with E-state index in [0.717, 1.165) is 16.3 Å². The zero-order valence-electron chi connectivity index (χ0n) is 18.6. The quantitative estimate of drug-likeness (QED) is 0.356. The molecule has 0 saturated carbocycles. The van der Waals surface area contributed by atoms with Gasteiger partial charge < -0.3 is 9.66 Å². The third kappa shape index (κ3) is 4.24. The van der Waals surface area contributed by atoms with Gasteiger partial charge in [-0.15, -0.1) is 0 Å². The molecule has 0 radical (unpaired) electrons. The summed E-state index contributed by atoms with van der Waals surface area (Å²) in [7, 11) is 0. The number of nitrogens with zero attached hydrogens (tertiary/aromatic N) is 4. The van der Waals surface area contributed by atoms with Crippen LogP contribution in [0.15, 0.2) is 85.1 Å². The fraction of sp³-hybridized carbons (Fsp3) is 0.0741. The molecule has 0 aliphatic carbocycles. The highest BCUT2D eigenvalue weighted by Crippen LogP contribution is 2.34. The van der Waals surface area contributed by atoms with Crippen LogP contribution in [0.2, 0.25) is 0 Å². The Bertz CT molecular complexity index is 1630. The number of anilines is 2. The Morgan fingerprint density at radius 1 is 1.06 bits per heavy atom. The van der Waals surface area contributed by atoms with Gasteiger partial charge in [0.25, 0.3) is 0 Å². The van der Waals surface area contributed by atoms with Crippen molar-refractivity contribution < 1.29 is 13.9 Å². The molecule has 5 rings (SSSR count). The molecular formula is C27H19N4O3S-. The number of aryl methyl sites for hydroxylation is 1. The smallest absolute Gasteiger partial charge is 0.121 e. The number of para-hydroxylation sites is 1. The molecule has 7 nitrogen and oxygen atoms in total. The first-order valence-electron chi connectivity index (χ1n) is 10.8. The van der Waals surface area contributed by atoms with Crippen molar-refractivity contribution in [2.75, 3.05) is 4.31 Å². The van der Waals surface area contributed by atoms with Gasteiger partial charge in [0.05, 0.1) is 51.0 Å². The normalized spacial score (nSPS) is 12.9. The molecule has 2 heterocycles. The highest BCUT2D eigenvalue weighted by molar-refractivity contribution is 7.81. The number of aromatic nitrogens is 2. The molecule has 8 heteroatoms. The van der Waals surface area contributed by atoms with Crippen LogP contribution in [0.4, 0.5) is 11.4 Å². The van der Waals surface area contributed by atoms with Gasteiger partial charge in [0.1, 0.15) is 6.10 Å². The summed E-state index contributed by atoms with van der Waals surface area (Å²) in [6.07, 6.45) is 0.626. The van der Waals surface area contributed by atoms with E-state index in [-0.39, 0.29) is 0 Å². The highest BCUT2D eigenvalue weighted by Gasteiger charge is 2.18. The lowest BCUT2D eigenvalue weighted by atomic mass is 10.0. The van der Waals surface area contributed by atoms with Crippen molar-refractivity contribution in [3.05, 3.63) is 107 Å². The lowest BCUT2D eigenvalue weighted by Crippen LogP contribution is -2.20. The van der Waals surface area contributed by atoms with Crippen molar-refractivity contribution in [3.8, 4) is 6.07 Å². The second-order valence-corrected chi connectivity index (χ2v) is 8.86. The predicted octanol–water partition coefficient (Wildman–Crippen LogP) is 4.98. The molecule has 172 valence electrons. The third-order valence-electron chi connectivity index (χ3n) is 5.87. The molecule has 5 aromatic rings. The molecule has 0 aliphatic heterocycles. The Morgan fingerprint density at radius 3 is 2.57 bits per heavy atom. The summed E-state index contributed by atoms with van der Waals surface area (Å²) in [4.78, 5) is 9.04. The van der Waals surface area contributed by atoms with Crippen LogP contribution in [-0.2, 0) is 11.3 Å². The first kappa shape index (κ1) is 22.6. The van der Waals surface area contributed by atoms with Crippen molar-refractivity contribution >= 4 is 44.4 Å². The molecule has 2 unspecified atom stereocenters. The fourth-order valence-electron chi connectivity index (χ4n) is 4.15. The topological polar surface area (TPSA) is 113 Å². The van der Waals surface area contributed by atoms with E-state index in [1.165, 1.54) is 4.31 Å². The van der Waals surface area contributed by atoms with Gasteiger partial charge in [0.15, 0.2) is 0 Å². The maximum Gasteiger partial charge on any atom is 0.121 e. The van der Waals surface area contributed by atoms with Crippen molar-refractivity contribution in [1.29, 1.82) is 5.26 Å². The molecule has 0 amide bonds. The number of aliphatic hydroxyl groups excluding tert-OH is 1. The summed E-state index contributed by atoms with van der Waals surface area (Å²) in [5.74, 6) is 0. The van der Waals surface area contributed by atoms with E-state index < -0.39 is 17.4 Å². The van der Waals surface area contributed by atoms with Gasteiger partial charge in [-0.3, -0.25) is 13.5 Å². The zero-order chi connectivity index (χ0) is 24.5. The van der Waals surface area contributed by atoms with Gasteiger partial charge in [-0.05, 0) is 60.5 Å². The second kappa shape index (κ2) is 9.24. The van der Waals surface area contributed by atoms with Crippen LogP contribution in [0.1, 0.15) is 28.5 Å². The van der Waals surface area contributed by atoms with E-state index in [0.29, 0.717) is 39.2 Å². The van der Waals surface area contributed by atoms with E-state index in [1.807, 2.05) is 31.2 Å². The van der Waals surface area contributed by atoms with Crippen LogP contribution in [0, 0.1) is 18.3 Å². The lowest BCUT2D eigenvalue weighted by Gasteiger charge is -2.27. The van der Waals surface area contributed by atoms with Gasteiger partial charge in [-0.2, -0.15) is 5.26 Å². The fourth-order valence-corrected chi connectivity index (χ4v) is 4.75. The van der Waals surface area contributed by atoms with Gasteiger partial charge in [-0.25, -0.2) is 4.98 Å². The van der Waals surface area contributed by atoms with Crippen LogP contribution in [0.3, 0.4) is 0 Å². The predicted molar refractivity (Wildman–Crippen MR) is 135 cm³/mol. The van der Waals surface area contributed by atoms with Gasteiger partial charge >= 0.3 is 0 Å². The van der Waals surface area contributed by atoms with E-state index in [4.69, 9.17) is 5.26 Å². The van der Waals surface area contributed by atoms with E-state index in [2.05, 4.69) is 16.0 Å². The van der Waals surface area contributed by atoms with Crippen LogP contribution < -0.4 is 4.31 Å². The average Bonchev–Trinajstić information content (AvgIpc) is 2.88. The second-order valence-electron chi connectivity index (χ2n) is 8.07. The maximum absolute atomic E-state index is 12.4. The number of hydrogen-bond donors (Lipinski definition) is 1. The number of rotatable bonds is 5. The lowest BCUT2D eigenvalue weighted by molar-refractivity contribution is 0.215. The molecular weight excluding hydrogens is 460 g/mol. The molecule has 0 saturated heterocycles. The van der Waals surface area contributed by atoms with Crippen molar-refractivity contribution in [2.24, 2.45) is 0 Å². The maximum atomic E-state index is 12.4. The van der Waals surface area contributed by atoms with E-state index >= 15 is 0 Å². The summed E-state index contributed by atoms with van der Waals surface area (Å²) < 4.78 is 25.9. The number of aliphatic hydroxyl groups is 1. The minimum absolute atomic E-state index is 0.404. The SMILES string of the molecule is Cc1cc(C(O)c2ccc(C#N)cc2)nc2cc(N(c3cccc4cccnc34)S(=O)[O-])ccc12. The van der Waals surface area contributed by atoms with Gasteiger partial charge in [0, 0.05) is 17.0 Å². The zero-order valence-corrected chi connectivity index (χ0v) is 19.4. The molecule has 35 heavy (non-hydrogen) atoms. The number of nitriles is 1. The summed E-state index contributed by atoms with van der Waals surface area (Å²) in [6, 6.07) is 24.8. The largest absolute Gasteiger partial charge is 0.755 e. The Labute approximate surface area is 204 Å². The molecule has 1 N–H and O–H groups in total. The Hall–Kier alpha value is -4.16. The summed E-state index contributed by atoms with van der Waals surface area (Å²) >= 11 is -2.62. The Kier molecular flexibility index (Phi) is 5.97. The van der Waals surface area contributed by atoms with Crippen LogP contribution in [0.25, 0.3) is 21.8 Å². The third-order valence-corrected chi connectivity index (χ3v) is 6.58. The first-order valence-corrected chi connectivity index (χ1v) is 11.8. The summed E-state index contributed by atoms with van der Waals surface area (Å²) in [5, 5.41) is 21.6. The number of hydrogen-bond acceptors (Lipinski definition) is 6. The standard InChI is InChI=1S/C27H20N4O3S/c1-17-14-24(27(32)20-9-7-18(16-28)8-10-20)30-23-15-21(11-12-22(17)23)31(35(33)34)25-6-2-4-19-5-3-13-29-26(19)25/h2-15,27,32H,1H3,(H,33,34)/p-1. The number of fused-ring (bicyclic) bond motifs is 2. The average molecular weight is 480 g/mol. The molecule has 2 atom stereocenters. The molecule has 3 aromatic carbocycles. The molecule has 0 aliphatic rings.